The van der Waals surface area contributed by atoms with E-state index in [2.05, 4.69) is 39.9 Å². The highest BCUT2D eigenvalue weighted by Gasteiger charge is 2.11. The van der Waals surface area contributed by atoms with Crippen LogP contribution in [0.5, 0.6) is 0 Å². The summed E-state index contributed by atoms with van der Waals surface area (Å²) in [5, 5.41) is 8.96. The fraction of sp³-hybridized carbons (Fsp3) is 0.235. The van der Waals surface area contributed by atoms with Crippen LogP contribution in [0, 0.1) is 11.3 Å². The summed E-state index contributed by atoms with van der Waals surface area (Å²) in [6, 6.07) is 15.8. The number of hydrogen-bond donors (Lipinski definition) is 1. The van der Waals surface area contributed by atoms with Crippen molar-refractivity contribution in [3.05, 3.63) is 58.1 Å². The highest BCUT2D eigenvalue weighted by Crippen LogP contribution is 2.29. The van der Waals surface area contributed by atoms with Crippen molar-refractivity contribution in [2.75, 3.05) is 17.2 Å². The average Bonchev–Trinajstić information content (AvgIpc) is 2.47. The number of halogens is 1. The predicted molar refractivity (Wildman–Crippen MR) is 91.1 cm³/mol. The summed E-state index contributed by atoms with van der Waals surface area (Å²) < 4.78 is 0.943. The highest BCUT2D eigenvalue weighted by atomic mass is 79.9. The van der Waals surface area contributed by atoms with E-state index in [1.54, 1.807) is 0 Å². The van der Waals surface area contributed by atoms with Crippen molar-refractivity contribution in [1.82, 2.24) is 0 Å². The molecule has 0 spiro atoms. The SMILES string of the molecule is CCCN(Cc1cccc(N)c1)c1ccc(C#N)cc1Br. The molecule has 0 aliphatic rings. The van der Waals surface area contributed by atoms with Crippen LogP contribution in [0.1, 0.15) is 24.5 Å². The smallest absolute Gasteiger partial charge is 0.0992 e. The largest absolute Gasteiger partial charge is 0.399 e. The summed E-state index contributed by atoms with van der Waals surface area (Å²) in [5.74, 6) is 0. The average molecular weight is 344 g/mol. The van der Waals surface area contributed by atoms with E-state index in [0.29, 0.717) is 5.56 Å². The van der Waals surface area contributed by atoms with Crippen molar-refractivity contribution in [3.63, 3.8) is 0 Å². The summed E-state index contributed by atoms with van der Waals surface area (Å²) >= 11 is 3.57. The predicted octanol–water partition coefficient (Wildman–Crippen LogP) is 4.32. The fourth-order valence-electron chi connectivity index (χ4n) is 2.30. The molecule has 4 heteroatoms. The van der Waals surface area contributed by atoms with Crippen LogP contribution in [0.15, 0.2) is 46.9 Å². The lowest BCUT2D eigenvalue weighted by molar-refractivity contribution is 0.766. The molecule has 2 aromatic rings. The van der Waals surface area contributed by atoms with Gasteiger partial charge in [-0.3, -0.25) is 0 Å². The second-order valence-corrected chi connectivity index (χ2v) is 5.80. The number of anilines is 2. The molecule has 0 amide bonds. The quantitative estimate of drug-likeness (QED) is 0.822. The van der Waals surface area contributed by atoms with E-state index in [0.717, 1.165) is 35.4 Å². The zero-order valence-electron chi connectivity index (χ0n) is 12.0. The lowest BCUT2D eigenvalue weighted by Crippen LogP contribution is -2.23. The van der Waals surface area contributed by atoms with E-state index < -0.39 is 0 Å². The van der Waals surface area contributed by atoms with Crippen molar-refractivity contribution < 1.29 is 0 Å². The number of nitrogens with two attached hydrogens (primary N) is 1. The van der Waals surface area contributed by atoms with E-state index in [-0.39, 0.29) is 0 Å². The Labute approximate surface area is 134 Å². The molecule has 108 valence electrons. The molecule has 0 aromatic heterocycles. The van der Waals surface area contributed by atoms with Gasteiger partial charge in [0.25, 0.3) is 0 Å². The van der Waals surface area contributed by atoms with Gasteiger partial charge >= 0.3 is 0 Å². The monoisotopic (exact) mass is 343 g/mol. The molecule has 2 N–H and O–H groups in total. The Hall–Kier alpha value is -1.99. The third-order valence-corrected chi connectivity index (χ3v) is 3.87. The van der Waals surface area contributed by atoms with Gasteiger partial charge in [0.15, 0.2) is 0 Å². The maximum absolute atomic E-state index is 8.96. The maximum Gasteiger partial charge on any atom is 0.0992 e. The number of hydrogen-bond acceptors (Lipinski definition) is 3. The van der Waals surface area contributed by atoms with Gasteiger partial charge in [0, 0.05) is 23.2 Å². The van der Waals surface area contributed by atoms with Crippen LogP contribution < -0.4 is 10.6 Å². The van der Waals surface area contributed by atoms with Crippen molar-refractivity contribution >= 4 is 27.3 Å². The van der Waals surface area contributed by atoms with Gasteiger partial charge in [-0.25, -0.2) is 0 Å². The second-order valence-electron chi connectivity index (χ2n) is 4.94. The molecule has 21 heavy (non-hydrogen) atoms. The molecule has 0 heterocycles. The summed E-state index contributed by atoms with van der Waals surface area (Å²) in [4.78, 5) is 2.29. The van der Waals surface area contributed by atoms with Gasteiger partial charge < -0.3 is 10.6 Å². The van der Waals surface area contributed by atoms with Crippen LogP contribution >= 0.6 is 15.9 Å². The highest BCUT2D eigenvalue weighted by molar-refractivity contribution is 9.10. The van der Waals surface area contributed by atoms with E-state index in [9.17, 15) is 0 Å². The van der Waals surface area contributed by atoms with E-state index >= 15 is 0 Å². The van der Waals surface area contributed by atoms with Crippen LogP contribution in [0.25, 0.3) is 0 Å². The second kappa shape index (κ2) is 7.14. The van der Waals surface area contributed by atoms with E-state index in [1.165, 1.54) is 5.56 Å². The molecule has 0 aliphatic heterocycles. The van der Waals surface area contributed by atoms with E-state index in [4.69, 9.17) is 11.0 Å². The van der Waals surface area contributed by atoms with Gasteiger partial charge in [-0.2, -0.15) is 5.26 Å². The number of benzene rings is 2. The van der Waals surface area contributed by atoms with Crippen molar-refractivity contribution in [2.45, 2.75) is 19.9 Å². The zero-order valence-corrected chi connectivity index (χ0v) is 13.6. The van der Waals surface area contributed by atoms with E-state index in [1.807, 2.05) is 36.4 Å². The maximum atomic E-state index is 8.96. The van der Waals surface area contributed by atoms with Crippen molar-refractivity contribution in [1.29, 1.82) is 5.26 Å². The molecule has 0 aliphatic carbocycles. The third kappa shape index (κ3) is 3.99. The van der Waals surface area contributed by atoms with Gasteiger partial charge in [0.1, 0.15) is 0 Å². The van der Waals surface area contributed by atoms with Crippen LogP contribution in [-0.2, 0) is 6.54 Å². The third-order valence-electron chi connectivity index (χ3n) is 3.24. The molecular formula is C17H18BrN3. The number of nitrogens with zero attached hydrogens (tertiary/aromatic N) is 2. The van der Waals surface area contributed by atoms with Gasteiger partial charge in [0.05, 0.1) is 17.3 Å². The molecule has 0 saturated heterocycles. The normalized spacial score (nSPS) is 10.1. The first kappa shape index (κ1) is 15.4. The molecule has 2 aromatic carbocycles. The minimum absolute atomic E-state index is 0.658. The first-order chi connectivity index (χ1) is 10.1. The fourth-order valence-corrected chi connectivity index (χ4v) is 2.93. The lowest BCUT2D eigenvalue weighted by atomic mass is 10.1. The van der Waals surface area contributed by atoms with Gasteiger partial charge in [0.2, 0.25) is 0 Å². The Balaban J connectivity index is 2.29. The van der Waals surface area contributed by atoms with Gasteiger partial charge in [-0.15, -0.1) is 0 Å². The van der Waals surface area contributed by atoms with Crippen molar-refractivity contribution in [2.24, 2.45) is 0 Å². The molecular weight excluding hydrogens is 326 g/mol. The van der Waals surface area contributed by atoms with Crippen LogP contribution in [0.4, 0.5) is 11.4 Å². The number of nitriles is 1. The summed E-state index contributed by atoms with van der Waals surface area (Å²) in [7, 11) is 0. The van der Waals surface area contributed by atoms with Crippen molar-refractivity contribution in [3.8, 4) is 6.07 Å². The van der Waals surface area contributed by atoms with Crippen LogP contribution in [-0.4, -0.2) is 6.54 Å². The molecule has 2 rings (SSSR count). The first-order valence-electron chi connectivity index (χ1n) is 6.93. The molecule has 0 atom stereocenters. The minimum atomic E-state index is 0.658. The molecule has 0 bridgehead atoms. The lowest BCUT2D eigenvalue weighted by Gasteiger charge is -2.26. The van der Waals surface area contributed by atoms with Gasteiger partial charge in [-0.1, -0.05) is 19.1 Å². The van der Waals surface area contributed by atoms with Crippen LogP contribution in [0.3, 0.4) is 0 Å². The Bertz CT molecular complexity index is 661. The first-order valence-corrected chi connectivity index (χ1v) is 7.72. The Morgan fingerprint density at radius 1 is 1.24 bits per heavy atom. The molecule has 0 unspecified atom stereocenters. The molecule has 0 radical (unpaired) electrons. The molecule has 3 nitrogen and oxygen atoms in total. The van der Waals surface area contributed by atoms with Gasteiger partial charge in [-0.05, 0) is 58.2 Å². The van der Waals surface area contributed by atoms with Crippen LogP contribution in [0.2, 0.25) is 0 Å². The Morgan fingerprint density at radius 2 is 2.05 bits per heavy atom. The Kier molecular flexibility index (Phi) is 5.24. The molecule has 0 fully saturated rings. The number of rotatable bonds is 5. The minimum Gasteiger partial charge on any atom is -0.399 e. The summed E-state index contributed by atoms with van der Waals surface area (Å²) in [5.41, 5.74) is 9.57. The summed E-state index contributed by atoms with van der Waals surface area (Å²) in [6.45, 7) is 3.90. The standard InChI is InChI=1S/C17H18BrN3/c1-2-8-21(12-14-4-3-5-15(20)9-14)17-7-6-13(11-19)10-16(17)18/h3-7,9-10H,2,8,12,20H2,1H3. The number of nitrogen functional groups attached to an aromatic ring is 1. The zero-order chi connectivity index (χ0) is 15.2. The topological polar surface area (TPSA) is 53.0 Å². The molecule has 0 saturated carbocycles. The Morgan fingerprint density at radius 3 is 2.67 bits per heavy atom. The summed E-state index contributed by atoms with van der Waals surface area (Å²) in [6.07, 6.45) is 1.05.